The van der Waals surface area contributed by atoms with Gasteiger partial charge in [0.15, 0.2) is 0 Å². The normalized spacial score (nSPS) is 11.4. The van der Waals surface area contributed by atoms with E-state index < -0.39 is 0 Å². The number of nitrogens with zero attached hydrogens (tertiary/aromatic N) is 2. The van der Waals surface area contributed by atoms with E-state index in [2.05, 4.69) is 56.9 Å². The van der Waals surface area contributed by atoms with Gasteiger partial charge in [0, 0.05) is 11.1 Å². The lowest BCUT2D eigenvalue weighted by Gasteiger charge is -2.18. The topological polar surface area (TPSA) is 44.1 Å². The summed E-state index contributed by atoms with van der Waals surface area (Å²) in [6.07, 6.45) is 3.83. The largest absolute Gasteiger partial charge is 0.497 e. The molecule has 0 spiro atoms. The molecule has 0 unspecified atom stereocenters. The molecule has 0 saturated carbocycles. The van der Waals surface area contributed by atoms with Gasteiger partial charge in [-0.25, -0.2) is 4.98 Å². The van der Waals surface area contributed by atoms with E-state index in [1.54, 1.807) is 11.7 Å². The van der Waals surface area contributed by atoms with Gasteiger partial charge in [-0.3, -0.25) is 9.36 Å². The van der Waals surface area contributed by atoms with Gasteiger partial charge in [0.25, 0.3) is 5.56 Å². The molecule has 198 valence electrons. The molecule has 40 heavy (non-hydrogen) atoms. The SMILES string of the molecule is COc1ccc(/C=C/c2nc3ccccc3c(=O)n2-c2ccc(C#Cc3ccc(C(C)(C)C)cc3)cc2C)cc1. The second-order valence-corrected chi connectivity index (χ2v) is 10.8. The smallest absolute Gasteiger partial charge is 0.266 e. The Morgan fingerprint density at radius 2 is 1.50 bits per heavy atom. The molecule has 0 amide bonds. The van der Waals surface area contributed by atoms with Crippen molar-refractivity contribution in [3.63, 3.8) is 0 Å². The lowest BCUT2D eigenvalue weighted by molar-refractivity contribution is 0.415. The first-order valence-corrected chi connectivity index (χ1v) is 13.3. The van der Waals surface area contributed by atoms with E-state index in [0.29, 0.717) is 16.7 Å². The van der Waals surface area contributed by atoms with Crippen LogP contribution < -0.4 is 10.3 Å². The van der Waals surface area contributed by atoms with Crippen molar-refractivity contribution < 1.29 is 4.74 Å². The zero-order valence-electron chi connectivity index (χ0n) is 23.5. The van der Waals surface area contributed by atoms with Crippen LogP contribution in [0.4, 0.5) is 0 Å². The van der Waals surface area contributed by atoms with Crippen molar-refractivity contribution in [3.8, 4) is 23.3 Å². The van der Waals surface area contributed by atoms with Crippen LogP contribution in [0.5, 0.6) is 5.75 Å². The molecule has 0 atom stereocenters. The molecular weight excluding hydrogens is 492 g/mol. The summed E-state index contributed by atoms with van der Waals surface area (Å²) in [7, 11) is 1.64. The lowest BCUT2D eigenvalue weighted by Crippen LogP contribution is -2.23. The number of rotatable bonds is 4. The van der Waals surface area contributed by atoms with Gasteiger partial charge >= 0.3 is 0 Å². The van der Waals surface area contributed by atoms with E-state index in [-0.39, 0.29) is 11.0 Å². The average Bonchev–Trinajstić information content (AvgIpc) is 2.96. The van der Waals surface area contributed by atoms with Crippen LogP contribution in [-0.2, 0) is 5.41 Å². The number of benzene rings is 4. The van der Waals surface area contributed by atoms with E-state index in [1.807, 2.05) is 85.8 Å². The molecule has 0 radical (unpaired) electrons. The van der Waals surface area contributed by atoms with E-state index in [9.17, 15) is 4.79 Å². The first-order chi connectivity index (χ1) is 19.2. The fourth-order valence-electron chi connectivity index (χ4n) is 4.56. The minimum Gasteiger partial charge on any atom is -0.497 e. The highest BCUT2D eigenvalue weighted by molar-refractivity contribution is 5.80. The Morgan fingerprint density at radius 1 is 0.825 bits per heavy atom. The fraction of sp³-hybridized carbons (Fsp3) is 0.167. The Bertz CT molecular complexity index is 1830. The molecule has 4 nitrogen and oxygen atoms in total. The van der Waals surface area contributed by atoms with Gasteiger partial charge in [-0.05, 0) is 89.7 Å². The fourth-order valence-corrected chi connectivity index (χ4v) is 4.56. The maximum Gasteiger partial charge on any atom is 0.266 e. The van der Waals surface area contributed by atoms with Crippen molar-refractivity contribution in [2.45, 2.75) is 33.1 Å². The van der Waals surface area contributed by atoms with E-state index in [4.69, 9.17) is 9.72 Å². The number of aryl methyl sites for hydroxylation is 1. The van der Waals surface area contributed by atoms with Gasteiger partial charge in [0.2, 0.25) is 0 Å². The molecule has 0 aliphatic heterocycles. The molecule has 0 aliphatic carbocycles. The van der Waals surface area contributed by atoms with Crippen LogP contribution in [0.3, 0.4) is 0 Å². The Balaban J connectivity index is 1.53. The highest BCUT2D eigenvalue weighted by atomic mass is 16.5. The molecular formula is C36H32N2O2. The number of fused-ring (bicyclic) bond motifs is 1. The molecule has 0 N–H and O–H groups in total. The first kappa shape index (κ1) is 26.7. The molecule has 0 aliphatic rings. The standard InChI is InChI=1S/C36H32N2O2/c1-25-24-28(11-10-26-12-18-29(19-13-26)36(2,3)4)16-22-33(25)38-34(23-17-27-14-20-30(40-5)21-15-27)37-32-9-7-6-8-31(32)35(38)39/h6-9,12-24H,1-5H3/b23-17+. The van der Waals surface area contributed by atoms with Crippen molar-refractivity contribution >= 4 is 23.1 Å². The molecule has 1 heterocycles. The summed E-state index contributed by atoms with van der Waals surface area (Å²) in [5.74, 6) is 7.89. The van der Waals surface area contributed by atoms with Crippen LogP contribution in [0.1, 0.15) is 54.4 Å². The zero-order chi connectivity index (χ0) is 28.3. The Hall–Kier alpha value is -4.88. The zero-order valence-corrected chi connectivity index (χ0v) is 23.5. The lowest BCUT2D eigenvalue weighted by atomic mass is 9.87. The van der Waals surface area contributed by atoms with Crippen LogP contribution in [0, 0.1) is 18.8 Å². The average molecular weight is 525 g/mol. The number of ether oxygens (including phenoxy) is 1. The molecule has 0 saturated heterocycles. The van der Waals surface area contributed by atoms with Gasteiger partial charge in [0.1, 0.15) is 11.6 Å². The molecule has 0 bridgehead atoms. The van der Waals surface area contributed by atoms with Crippen LogP contribution >= 0.6 is 0 Å². The summed E-state index contributed by atoms with van der Waals surface area (Å²) >= 11 is 0. The number of hydrogen-bond acceptors (Lipinski definition) is 3. The second-order valence-electron chi connectivity index (χ2n) is 10.8. The molecule has 4 heteroatoms. The third-order valence-electron chi connectivity index (χ3n) is 6.88. The number of hydrogen-bond donors (Lipinski definition) is 0. The summed E-state index contributed by atoms with van der Waals surface area (Å²) in [5.41, 5.74) is 6.49. The summed E-state index contributed by atoms with van der Waals surface area (Å²) in [6, 6.07) is 29.5. The summed E-state index contributed by atoms with van der Waals surface area (Å²) < 4.78 is 6.94. The third kappa shape index (κ3) is 5.75. The minimum atomic E-state index is -0.110. The highest BCUT2D eigenvalue weighted by Crippen LogP contribution is 2.23. The van der Waals surface area contributed by atoms with Crippen LogP contribution in [0.15, 0.2) is 95.8 Å². The van der Waals surface area contributed by atoms with Crippen LogP contribution in [0.25, 0.3) is 28.7 Å². The number of methoxy groups -OCH3 is 1. The molecule has 5 aromatic rings. The maximum atomic E-state index is 13.7. The first-order valence-electron chi connectivity index (χ1n) is 13.3. The van der Waals surface area contributed by atoms with Crippen LogP contribution in [0.2, 0.25) is 0 Å². The number of aromatic nitrogens is 2. The minimum absolute atomic E-state index is 0.108. The molecule has 5 rings (SSSR count). The van der Waals surface area contributed by atoms with Gasteiger partial charge in [-0.1, -0.05) is 75.1 Å². The Labute approximate surface area is 235 Å². The molecule has 1 aromatic heterocycles. The van der Waals surface area contributed by atoms with Crippen molar-refractivity contribution in [1.82, 2.24) is 9.55 Å². The summed E-state index contributed by atoms with van der Waals surface area (Å²) in [6.45, 7) is 8.61. The van der Waals surface area contributed by atoms with Gasteiger partial charge in [-0.15, -0.1) is 0 Å². The van der Waals surface area contributed by atoms with Crippen molar-refractivity contribution in [2.24, 2.45) is 0 Å². The van der Waals surface area contributed by atoms with Crippen molar-refractivity contribution in [2.75, 3.05) is 7.11 Å². The van der Waals surface area contributed by atoms with E-state index in [0.717, 1.165) is 33.7 Å². The molecule has 4 aromatic carbocycles. The van der Waals surface area contributed by atoms with E-state index >= 15 is 0 Å². The second kappa shape index (κ2) is 11.1. The third-order valence-corrected chi connectivity index (χ3v) is 6.88. The van der Waals surface area contributed by atoms with Gasteiger partial charge in [0.05, 0.1) is 23.7 Å². The van der Waals surface area contributed by atoms with Crippen LogP contribution in [-0.4, -0.2) is 16.7 Å². The predicted octanol–water partition coefficient (Wildman–Crippen LogP) is 7.57. The van der Waals surface area contributed by atoms with Gasteiger partial charge < -0.3 is 4.74 Å². The number of para-hydroxylation sites is 1. The summed E-state index contributed by atoms with van der Waals surface area (Å²) in [5, 5.41) is 0.575. The monoisotopic (exact) mass is 524 g/mol. The molecule has 0 fully saturated rings. The van der Waals surface area contributed by atoms with E-state index in [1.165, 1.54) is 5.56 Å². The highest BCUT2D eigenvalue weighted by Gasteiger charge is 2.14. The van der Waals surface area contributed by atoms with Crippen molar-refractivity contribution in [1.29, 1.82) is 0 Å². The van der Waals surface area contributed by atoms with Gasteiger partial charge in [-0.2, -0.15) is 0 Å². The predicted molar refractivity (Wildman–Crippen MR) is 165 cm³/mol. The van der Waals surface area contributed by atoms with Crippen molar-refractivity contribution in [3.05, 3.63) is 135 Å². The summed E-state index contributed by atoms with van der Waals surface area (Å²) in [4.78, 5) is 18.6. The maximum absolute atomic E-state index is 13.7. The Kier molecular flexibility index (Phi) is 7.40. The Morgan fingerprint density at radius 3 is 2.17 bits per heavy atom. The quantitative estimate of drug-likeness (QED) is 0.228.